The van der Waals surface area contributed by atoms with E-state index in [0.29, 0.717) is 11.4 Å². The van der Waals surface area contributed by atoms with E-state index in [2.05, 4.69) is 72.8 Å². The first-order valence-electron chi connectivity index (χ1n) is 10.0. The van der Waals surface area contributed by atoms with Crippen LogP contribution < -0.4 is 11.5 Å². The third-order valence-corrected chi connectivity index (χ3v) is 5.63. The molecule has 0 amide bonds. The SMILES string of the molecule is Nc1c(-c2ccccc2)cc(-c2cccc3ccccc23)c(-c2ccccc2)c1N. The molecule has 5 aromatic rings. The van der Waals surface area contributed by atoms with Crippen molar-refractivity contribution in [3.63, 3.8) is 0 Å². The van der Waals surface area contributed by atoms with Crippen LogP contribution in [0.3, 0.4) is 0 Å². The van der Waals surface area contributed by atoms with Crippen LogP contribution in [0.2, 0.25) is 0 Å². The highest BCUT2D eigenvalue weighted by atomic mass is 14.7. The van der Waals surface area contributed by atoms with Crippen LogP contribution in [-0.4, -0.2) is 0 Å². The smallest absolute Gasteiger partial charge is 0.0640 e. The van der Waals surface area contributed by atoms with Crippen LogP contribution in [0, 0.1) is 0 Å². The van der Waals surface area contributed by atoms with Gasteiger partial charge in [0.2, 0.25) is 0 Å². The summed E-state index contributed by atoms with van der Waals surface area (Å²) in [7, 11) is 0. The number of benzene rings is 5. The van der Waals surface area contributed by atoms with E-state index >= 15 is 0 Å². The minimum atomic E-state index is 0.615. The Bertz CT molecular complexity index is 1330. The zero-order valence-corrected chi connectivity index (χ0v) is 16.5. The van der Waals surface area contributed by atoms with Gasteiger partial charge in [0.15, 0.2) is 0 Å². The predicted octanol–water partition coefficient (Wildman–Crippen LogP) is 7.01. The number of hydrogen-bond donors (Lipinski definition) is 2. The number of rotatable bonds is 3. The van der Waals surface area contributed by atoms with E-state index in [0.717, 1.165) is 33.4 Å². The van der Waals surface area contributed by atoms with Crippen LogP contribution in [-0.2, 0) is 0 Å². The molecule has 0 saturated heterocycles. The van der Waals surface area contributed by atoms with Crippen molar-refractivity contribution < 1.29 is 0 Å². The van der Waals surface area contributed by atoms with Gasteiger partial charge in [-0.25, -0.2) is 0 Å². The lowest BCUT2D eigenvalue weighted by atomic mass is 9.86. The molecular formula is C28H22N2. The van der Waals surface area contributed by atoms with Crippen molar-refractivity contribution in [1.82, 2.24) is 0 Å². The fraction of sp³-hybridized carbons (Fsp3) is 0. The fourth-order valence-electron chi connectivity index (χ4n) is 4.16. The van der Waals surface area contributed by atoms with Crippen molar-refractivity contribution in [2.45, 2.75) is 0 Å². The van der Waals surface area contributed by atoms with Crippen molar-refractivity contribution in [1.29, 1.82) is 0 Å². The summed E-state index contributed by atoms with van der Waals surface area (Å²) in [5.74, 6) is 0. The van der Waals surface area contributed by atoms with E-state index in [1.807, 2.05) is 36.4 Å². The molecule has 0 aliphatic heterocycles. The lowest BCUT2D eigenvalue weighted by Gasteiger charge is -2.20. The Morgan fingerprint density at radius 3 is 1.77 bits per heavy atom. The van der Waals surface area contributed by atoms with Crippen LogP contribution in [0.25, 0.3) is 44.2 Å². The van der Waals surface area contributed by atoms with E-state index in [1.165, 1.54) is 10.8 Å². The summed E-state index contributed by atoms with van der Waals surface area (Å²) >= 11 is 0. The van der Waals surface area contributed by atoms with Gasteiger partial charge in [-0.3, -0.25) is 0 Å². The molecule has 4 N–H and O–H groups in total. The van der Waals surface area contributed by atoms with Gasteiger partial charge in [-0.15, -0.1) is 0 Å². The minimum absolute atomic E-state index is 0.615. The van der Waals surface area contributed by atoms with Crippen molar-refractivity contribution in [3.8, 4) is 33.4 Å². The highest BCUT2D eigenvalue weighted by Gasteiger charge is 2.19. The van der Waals surface area contributed by atoms with Gasteiger partial charge in [0.25, 0.3) is 0 Å². The van der Waals surface area contributed by atoms with Crippen molar-refractivity contribution in [2.75, 3.05) is 11.5 Å². The van der Waals surface area contributed by atoms with Gasteiger partial charge in [0.1, 0.15) is 0 Å². The number of hydrogen-bond acceptors (Lipinski definition) is 2. The zero-order valence-electron chi connectivity index (χ0n) is 16.5. The summed E-state index contributed by atoms with van der Waals surface area (Å²) in [6.07, 6.45) is 0. The highest BCUT2D eigenvalue weighted by Crippen LogP contribution is 2.46. The summed E-state index contributed by atoms with van der Waals surface area (Å²) < 4.78 is 0. The molecular weight excluding hydrogens is 364 g/mol. The molecule has 0 fully saturated rings. The lowest BCUT2D eigenvalue weighted by Crippen LogP contribution is -2.02. The monoisotopic (exact) mass is 386 g/mol. The van der Waals surface area contributed by atoms with Crippen molar-refractivity contribution >= 4 is 22.1 Å². The molecule has 30 heavy (non-hydrogen) atoms. The number of nitrogen functional groups attached to an aromatic ring is 2. The molecule has 0 aliphatic carbocycles. The molecule has 2 nitrogen and oxygen atoms in total. The second kappa shape index (κ2) is 7.41. The molecule has 0 bridgehead atoms. The molecule has 0 aliphatic rings. The van der Waals surface area contributed by atoms with Crippen LogP contribution in [0.1, 0.15) is 0 Å². The maximum atomic E-state index is 6.71. The summed E-state index contributed by atoms with van der Waals surface area (Å²) in [5.41, 5.74) is 20.8. The van der Waals surface area contributed by atoms with Crippen LogP contribution in [0.5, 0.6) is 0 Å². The standard InChI is InChI=1S/C28H22N2/c29-27-24(20-10-3-1-4-11-20)18-25(26(28(27)30)21-13-5-2-6-14-21)23-17-9-15-19-12-7-8-16-22(19)23/h1-18H,29-30H2. The molecule has 0 radical (unpaired) electrons. The molecule has 0 heterocycles. The lowest BCUT2D eigenvalue weighted by molar-refractivity contribution is 1.56. The highest BCUT2D eigenvalue weighted by molar-refractivity contribution is 6.07. The Balaban J connectivity index is 1.89. The Morgan fingerprint density at radius 2 is 1.03 bits per heavy atom. The summed E-state index contributed by atoms with van der Waals surface area (Å²) in [4.78, 5) is 0. The second-order valence-corrected chi connectivity index (χ2v) is 7.43. The van der Waals surface area contributed by atoms with Crippen molar-refractivity contribution in [3.05, 3.63) is 109 Å². The van der Waals surface area contributed by atoms with Crippen molar-refractivity contribution in [2.24, 2.45) is 0 Å². The third-order valence-electron chi connectivity index (χ3n) is 5.63. The summed E-state index contributed by atoms with van der Waals surface area (Å²) in [6.45, 7) is 0. The molecule has 144 valence electrons. The Labute approximate surface area is 176 Å². The first kappa shape index (κ1) is 18.0. The summed E-state index contributed by atoms with van der Waals surface area (Å²) in [6, 6.07) is 37.5. The van der Waals surface area contributed by atoms with Gasteiger partial charge in [-0.05, 0) is 39.1 Å². The van der Waals surface area contributed by atoms with Gasteiger partial charge in [0.05, 0.1) is 11.4 Å². The van der Waals surface area contributed by atoms with Crippen LogP contribution in [0.15, 0.2) is 109 Å². The number of anilines is 2. The van der Waals surface area contributed by atoms with Gasteiger partial charge >= 0.3 is 0 Å². The van der Waals surface area contributed by atoms with E-state index in [9.17, 15) is 0 Å². The predicted molar refractivity (Wildman–Crippen MR) is 129 cm³/mol. The largest absolute Gasteiger partial charge is 0.397 e. The molecule has 2 heteroatoms. The minimum Gasteiger partial charge on any atom is -0.397 e. The van der Waals surface area contributed by atoms with E-state index in [1.54, 1.807) is 0 Å². The van der Waals surface area contributed by atoms with E-state index < -0.39 is 0 Å². The molecule has 5 rings (SSSR count). The maximum Gasteiger partial charge on any atom is 0.0640 e. The first-order chi connectivity index (χ1) is 14.7. The van der Waals surface area contributed by atoms with Crippen LogP contribution >= 0.6 is 0 Å². The Kier molecular flexibility index (Phi) is 4.45. The number of fused-ring (bicyclic) bond motifs is 1. The number of nitrogens with two attached hydrogens (primary N) is 2. The van der Waals surface area contributed by atoms with Gasteiger partial charge in [-0.2, -0.15) is 0 Å². The molecule has 0 saturated carbocycles. The normalized spacial score (nSPS) is 10.9. The Hall–Kier alpha value is -4.04. The quantitative estimate of drug-likeness (QED) is 0.328. The van der Waals surface area contributed by atoms with Gasteiger partial charge < -0.3 is 11.5 Å². The van der Waals surface area contributed by atoms with E-state index in [-0.39, 0.29) is 0 Å². The molecule has 0 unspecified atom stereocenters. The topological polar surface area (TPSA) is 52.0 Å². The fourth-order valence-corrected chi connectivity index (χ4v) is 4.16. The molecule has 0 atom stereocenters. The zero-order chi connectivity index (χ0) is 20.5. The third kappa shape index (κ3) is 2.99. The molecule has 0 aromatic heterocycles. The first-order valence-corrected chi connectivity index (χ1v) is 10.0. The van der Waals surface area contributed by atoms with Crippen LogP contribution in [0.4, 0.5) is 11.4 Å². The Morgan fingerprint density at radius 1 is 0.433 bits per heavy atom. The summed E-state index contributed by atoms with van der Waals surface area (Å²) in [5, 5.41) is 2.39. The second-order valence-electron chi connectivity index (χ2n) is 7.43. The average molecular weight is 386 g/mol. The van der Waals surface area contributed by atoms with E-state index in [4.69, 9.17) is 11.5 Å². The maximum absolute atomic E-state index is 6.71. The average Bonchev–Trinajstić information content (AvgIpc) is 2.81. The molecule has 0 spiro atoms. The molecule has 5 aromatic carbocycles. The van der Waals surface area contributed by atoms with Gasteiger partial charge in [-0.1, -0.05) is 103 Å². The van der Waals surface area contributed by atoms with Gasteiger partial charge in [0, 0.05) is 11.1 Å².